The van der Waals surface area contributed by atoms with Gasteiger partial charge in [0, 0.05) is 18.4 Å². The highest BCUT2D eigenvalue weighted by atomic mass is 32.2. The van der Waals surface area contributed by atoms with E-state index < -0.39 is 0 Å². The van der Waals surface area contributed by atoms with Crippen molar-refractivity contribution in [1.29, 1.82) is 0 Å². The van der Waals surface area contributed by atoms with Crippen LogP contribution in [0.25, 0.3) is 0 Å². The van der Waals surface area contributed by atoms with E-state index in [9.17, 15) is 9.59 Å². The molecule has 0 saturated carbocycles. The SMILES string of the molecule is CC(C)c1nnc(SCC(=O)N2c3ccccc3NC(=O)C[C@@H]2C)n1Cc1ccco1. The minimum Gasteiger partial charge on any atom is -0.467 e. The summed E-state index contributed by atoms with van der Waals surface area (Å²) in [4.78, 5) is 27.1. The summed E-state index contributed by atoms with van der Waals surface area (Å²) in [5.74, 6) is 1.83. The molecule has 0 aliphatic carbocycles. The van der Waals surface area contributed by atoms with Crippen LogP contribution < -0.4 is 10.2 Å². The van der Waals surface area contributed by atoms with Crippen molar-refractivity contribution in [3.63, 3.8) is 0 Å². The van der Waals surface area contributed by atoms with Gasteiger partial charge in [-0.3, -0.25) is 14.2 Å². The number of carbonyl (C=O) groups excluding carboxylic acids is 2. The topological polar surface area (TPSA) is 93.3 Å². The number of para-hydroxylation sites is 2. The first-order valence-electron chi connectivity index (χ1n) is 10.2. The zero-order valence-electron chi connectivity index (χ0n) is 17.7. The van der Waals surface area contributed by atoms with Crippen LogP contribution in [0, 0.1) is 0 Å². The number of aromatic nitrogens is 3. The van der Waals surface area contributed by atoms with E-state index in [1.807, 2.05) is 47.9 Å². The van der Waals surface area contributed by atoms with Crippen LogP contribution in [0.4, 0.5) is 11.4 Å². The number of anilines is 2. The number of hydrogen-bond acceptors (Lipinski definition) is 6. The molecular weight excluding hydrogens is 414 g/mol. The molecule has 3 heterocycles. The van der Waals surface area contributed by atoms with Crippen molar-refractivity contribution in [2.24, 2.45) is 0 Å². The van der Waals surface area contributed by atoms with Gasteiger partial charge in [-0.05, 0) is 31.2 Å². The molecule has 1 N–H and O–H groups in total. The molecular formula is C22H25N5O3S. The molecule has 0 saturated heterocycles. The van der Waals surface area contributed by atoms with Gasteiger partial charge in [0.15, 0.2) is 5.16 Å². The van der Waals surface area contributed by atoms with Crippen molar-refractivity contribution in [2.75, 3.05) is 16.0 Å². The van der Waals surface area contributed by atoms with Gasteiger partial charge in [0.1, 0.15) is 11.6 Å². The molecule has 2 amide bonds. The first-order valence-corrected chi connectivity index (χ1v) is 11.2. The molecule has 1 aromatic carbocycles. The lowest BCUT2D eigenvalue weighted by Gasteiger charge is -2.27. The molecule has 0 spiro atoms. The fraction of sp³-hybridized carbons (Fsp3) is 0.364. The summed E-state index contributed by atoms with van der Waals surface area (Å²) in [5, 5.41) is 12.2. The number of benzene rings is 1. The number of nitrogens with one attached hydrogen (secondary N) is 1. The average molecular weight is 440 g/mol. The predicted molar refractivity (Wildman–Crippen MR) is 119 cm³/mol. The molecule has 1 aliphatic heterocycles. The summed E-state index contributed by atoms with van der Waals surface area (Å²) < 4.78 is 7.49. The Kier molecular flexibility index (Phi) is 6.13. The Morgan fingerprint density at radius 3 is 2.81 bits per heavy atom. The molecule has 3 aromatic rings. The lowest BCUT2D eigenvalue weighted by molar-refractivity contribution is -0.117. The van der Waals surface area contributed by atoms with Crippen LogP contribution in [0.3, 0.4) is 0 Å². The van der Waals surface area contributed by atoms with E-state index in [-0.39, 0.29) is 35.9 Å². The third kappa shape index (κ3) is 4.51. The highest BCUT2D eigenvalue weighted by molar-refractivity contribution is 7.99. The molecule has 1 aliphatic rings. The fourth-order valence-corrected chi connectivity index (χ4v) is 4.51. The summed E-state index contributed by atoms with van der Waals surface area (Å²) in [6.45, 7) is 6.51. The standard InChI is InChI=1S/C22H25N5O3S/c1-14(2)21-24-25-22(26(21)12-16-7-6-10-30-16)31-13-20(29)27-15(3)11-19(28)23-17-8-4-5-9-18(17)27/h4-10,14-15H,11-13H2,1-3H3,(H,23,28)/t15-/m0/s1. The second-order valence-electron chi connectivity index (χ2n) is 7.83. The molecule has 2 aromatic heterocycles. The first-order chi connectivity index (χ1) is 14.9. The number of carbonyl (C=O) groups is 2. The second-order valence-corrected chi connectivity index (χ2v) is 8.77. The average Bonchev–Trinajstić information content (AvgIpc) is 3.35. The lowest BCUT2D eigenvalue weighted by Crippen LogP contribution is -2.40. The van der Waals surface area contributed by atoms with E-state index in [4.69, 9.17) is 4.42 Å². The van der Waals surface area contributed by atoms with Crippen LogP contribution in [0.2, 0.25) is 0 Å². The maximum atomic E-state index is 13.3. The van der Waals surface area contributed by atoms with Gasteiger partial charge in [-0.25, -0.2) is 0 Å². The van der Waals surface area contributed by atoms with Gasteiger partial charge in [0.2, 0.25) is 11.8 Å². The van der Waals surface area contributed by atoms with E-state index in [0.29, 0.717) is 23.1 Å². The molecule has 0 unspecified atom stereocenters. The number of rotatable bonds is 6. The third-order valence-electron chi connectivity index (χ3n) is 5.11. The van der Waals surface area contributed by atoms with Gasteiger partial charge in [0.05, 0.1) is 29.9 Å². The lowest BCUT2D eigenvalue weighted by atomic mass is 10.2. The van der Waals surface area contributed by atoms with E-state index in [2.05, 4.69) is 29.4 Å². The van der Waals surface area contributed by atoms with Crippen LogP contribution in [-0.2, 0) is 16.1 Å². The quantitative estimate of drug-likeness (QED) is 0.586. The number of furan rings is 1. The second kappa shape index (κ2) is 8.97. The number of fused-ring (bicyclic) bond motifs is 1. The van der Waals surface area contributed by atoms with Crippen molar-refractivity contribution in [1.82, 2.24) is 14.8 Å². The molecule has 31 heavy (non-hydrogen) atoms. The van der Waals surface area contributed by atoms with Crippen LogP contribution in [0.5, 0.6) is 0 Å². The molecule has 8 nitrogen and oxygen atoms in total. The number of hydrogen-bond donors (Lipinski definition) is 1. The normalized spacial score (nSPS) is 16.2. The largest absolute Gasteiger partial charge is 0.467 e. The van der Waals surface area contributed by atoms with E-state index in [0.717, 1.165) is 11.6 Å². The van der Waals surface area contributed by atoms with Crippen molar-refractivity contribution in [3.8, 4) is 0 Å². The Labute approximate surface area is 185 Å². The highest BCUT2D eigenvalue weighted by Gasteiger charge is 2.30. The van der Waals surface area contributed by atoms with E-state index in [1.54, 1.807) is 11.2 Å². The Balaban J connectivity index is 1.56. The number of amides is 2. The van der Waals surface area contributed by atoms with Gasteiger partial charge in [-0.15, -0.1) is 10.2 Å². The Morgan fingerprint density at radius 1 is 1.26 bits per heavy atom. The zero-order chi connectivity index (χ0) is 22.0. The Hall–Kier alpha value is -3.07. The first kappa shape index (κ1) is 21.2. The third-order valence-corrected chi connectivity index (χ3v) is 6.06. The molecule has 4 rings (SSSR count). The van der Waals surface area contributed by atoms with E-state index in [1.165, 1.54) is 11.8 Å². The molecule has 9 heteroatoms. The summed E-state index contributed by atoms with van der Waals surface area (Å²) in [6, 6.07) is 10.9. The zero-order valence-corrected chi connectivity index (χ0v) is 18.6. The van der Waals surface area contributed by atoms with Crippen LogP contribution in [0.15, 0.2) is 52.2 Å². The Morgan fingerprint density at radius 2 is 2.06 bits per heavy atom. The van der Waals surface area contributed by atoms with Crippen LogP contribution in [0.1, 0.15) is 44.7 Å². The predicted octanol–water partition coefficient (Wildman–Crippen LogP) is 3.90. The molecule has 162 valence electrons. The molecule has 0 fully saturated rings. The van der Waals surface area contributed by atoms with Crippen LogP contribution in [-0.4, -0.2) is 38.4 Å². The minimum absolute atomic E-state index is 0.0832. The summed E-state index contributed by atoms with van der Waals surface area (Å²) in [6.07, 6.45) is 1.88. The maximum Gasteiger partial charge on any atom is 0.237 e. The smallest absolute Gasteiger partial charge is 0.237 e. The van der Waals surface area contributed by atoms with Crippen molar-refractivity contribution in [2.45, 2.75) is 50.9 Å². The Bertz CT molecular complexity index is 1080. The molecule has 1 atom stereocenters. The molecule has 0 radical (unpaired) electrons. The number of nitrogens with zero attached hydrogens (tertiary/aromatic N) is 4. The van der Waals surface area contributed by atoms with Crippen molar-refractivity contribution < 1.29 is 14.0 Å². The van der Waals surface area contributed by atoms with Gasteiger partial charge >= 0.3 is 0 Å². The van der Waals surface area contributed by atoms with Crippen molar-refractivity contribution >= 4 is 35.0 Å². The highest BCUT2D eigenvalue weighted by Crippen LogP contribution is 2.32. The summed E-state index contributed by atoms with van der Waals surface area (Å²) >= 11 is 1.34. The minimum atomic E-state index is -0.246. The summed E-state index contributed by atoms with van der Waals surface area (Å²) in [7, 11) is 0. The number of thioether (sulfide) groups is 1. The van der Waals surface area contributed by atoms with Crippen molar-refractivity contribution in [3.05, 3.63) is 54.2 Å². The fourth-order valence-electron chi connectivity index (χ4n) is 3.70. The molecule has 0 bridgehead atoms. The van der Waals surface area contributed by atoms with Gasteiger partial charge in [-0.2, -0.15) is 0 Å². The summed E-state index contributed by atoms with van der Waals surface area (Å²) in [5.41, 5.74) is 1.37. The van der Waals surface area contributed by atoms with Crippen LogP contribution >= 0.6 is 11.8 Å². The van der Waals surface area contributed by atoms with Gasteiger partial charge in [0.25, 0.3) is 0 Å². The van der Waals surface area contributed by atoms with E-state index >= 15 is 0 Å². The van der Waals surface area contributed by atoms with Gasteiger partial charge in [-0.1, -0.05) is 37.7 Å². The van der Waals surface area contributed by atoms with Gasteiger partial charge < -0.3 is 14.6 Å². The maximum absolute atomic E-state index is 13.3. The monoisotopic (exact) mass is 439 g/mol.